The SMILES string of the molecule is CCCNCCNC(=O)C(Oc1ccccc1)c1ccccc1.Cl. The van der Waals surface area contributed by atoms with E-state index >= 15 is 0 Å². The van der Waals surface area contributed by atoms with E-state index in [0.29, 0.717) is 12.3 Å². The number of carbonyl (C=O) groups excluding carboxylic acids is 1. The molecule has 1 atom stereocenters. The van der Waals surface area contributed by atoms with Crippen LogP contribution in [0.3, 0.4) is 0 Å². The lowest BCUT2D eigenvalue weighted by Gasteiger charge is -2.19. The molecule has 0 fully saturated rings. The van der Waals surface area contributed by atoms with E-state index in [1.165, 1.54) is 0 Å². The number of rotatable bonds is 9. The van der Waals surface area contributed by atoms with Gasteiger partial charge in [0.05, 0.1) is 0 Å². The third-order valence-electron chi connectivity index (χ3n) is 3.37. The van der Waals surface area contributed by atoms with Gasteiger partial charge in [0.15, 0.2) is 0 Å². The molecule has 2 aromatic carbocycles. The molecule has 0 saturated heterocycles. The number of amides is 1. The van der Waals surface area contributed by atoms with Gasteiger partial charge in [-0.1, -0.05) is 55.5 Å². The Hall–Kier alpha value is -2.04. The lowest BCUT2D eigenvalue weighted by Crippen LogP contribution is -2.37. The molecule has 0 aliphatic carbocycles. The second-order valence-corrected chi connectivity index (χ2v) is 5.26. The number of hydrogen-bond donors (Lipinski definition) is 2. The lowest BCUT2D eigenvalue weighted by molar-refractivity contribution is -0.128. The molecule has 130 valence electrons. The minimum Gasteiger partial charge on any atom is -0.476 e. The van der Waals surface area contributed by atoms with E-state index in [-0.39, 0.29) is 18.3 Å². The molecule has 0 heterocycles. The maximum Gasteiger partial charge on any atom is 0.265 e. The minimum absolute atomic E-state index is 0. The van der Waals surface area contributed by atoms with Gasteiger partial charge in [-0.05, 0) is 25.1 Å². The largest absolute Gasteiger partial charge is 0.476 e. The van der Waals surface area contributed by atoms with Gasteiger partial charge in [0.1, 0.15) is 5.75 Å². The first-order valence-electron chi connectivity index (χ1n) is 8.06. The van der Waals surface area contributed by atoms with Crippen LogP contribution in [0.1, 0.15) is 25.0 Å². The van der Waals surface area contributed by atoms with Crippen molar-refractivity contribution in [1.82, 2.24) is 10.6 Å². The summed E-state index contributed by atoms with van der Waals surface area (Å²) in [5.41, 5.74) is 0.843. The summed E-state index contributed by atoms with van der Waals surface area (Å²) in [4.78, 5) is 12.5. The van der Waals surface area contributed by atoms with Crippen LogP contribution in [0.4, 0.5) is 0 Å². The van der Waals surface area contributed by atoms with Crippen molar-refractivity contribution in [3.05, 3.63) is 66.2 Å². The summed E-state index contributed by atoms with van der Waals surface area (Å²) in [6.45, 7) is 4.41. The molecule has 0 aliphatic rings. The predicted molar refractivity (Wildman–Crippen MR) is 99.7 cm³/mol. The Labute approximate surface area is 150 Å². The van der Waals surface area contributed by atoms with Crippen LogP contribution in [-0.4, -0.2) is 25.5 Å². The monoisotopic (exact) mass is 348 g/mol. The van der Waals surface area contributed by atoms with Gasteiger partial charge < -0.3 is 15.4 Å². The Morgan fingerprint density at radius 1 is 0.958 bits per heavy atom. The average molecular weight is 349 g/mol. The van der Waals surface area contributed by atoms with Crippen molar-refractivity contribution >= 4 is 18.3 Å². The molecule has 0 aromatic heterocycles. The van der Waals surface area contributed by atoms with Crippen LogP contribution in [0.5, 0.6) is 5.75 Å². The van der Waals surface area contributed by atoms with E-state index in [9.17, 15) is 4.79 Å². The van der Waals surface area contributed by atoms with E-state index in [0.717, 1.165) is 25.1 Å². The first-order valence-corrected chi connectivity index (χ1v) is 8.06. The van der Waals surface area contributed by atoms with Gasteiger partial charge >= 0.3 is 0 Å². The molecule has 0 spiro atoms. The Kier molecular flexibility index (Phi) is 9.58. The topological polar surface area (TPSA) is 50.4 Å². The van der Waals surface area contributed by atoms with Gasteiger partial charge in [0, 0.05) is 18.7 Å². The molecular formula is C19H25ClN2O2. The standard InChI is InChI=1S/C19H24N2O2.ClH/c1-2-13-20-14-15-21-19(22)18(16-9-5-3-6-10-16)23-17-11-7-4-8-12-17;/h3-12,18,20H,2,13-15H2,1H3,(H,21,22);1H. The Bertz CT molecular complexity index is 578. The predicted octanol–water partition coefficient (Wildman–Crippen LogP) is 3.34. The number of carbonyl (C=O) groups is 1. The highest BCUT2D eigenvalue weighted by molar-refractivity contribution is 5.85. The number of ether oxygens (including phenoxy) is 1. The quantitative estimate of drug-likeness (QED) is 0.683. The summed E-state index contributed by atoms with van der Waals surface area (Å²) in [7, 11) is 0. The zero-order valence-electron chi connectivity index (χ0n) is 13.9. The normalized spacial score (nSPS) is 11.2. The highest BCUT2D eigenvalue weighted by Crippen LogP contribution is 2.21. The molecule has 0 radical (unpaired) electrons. The van der Waals surface area contributed by atoms with Gasteiger partial charge in [-0.25, -0.2) is 0 Å². The van der Waals surface area contributed by atoms with Crippen LogP contribution in [0.15, 0.2) is 60.7 Å². The fourth-order valence-electron chi connectivity index (χ4n) is 2.20. The third kappa shape index (κ3) is 6.60. The van der Waals surface area contributed by atoms with Gasteiger partial charge in [-0.3, -0.25) is 4.79 Å². The number of hydrogen-bond acceptors (Lipinski definition) is 3. The second kappa shape index (κ2) is 11.5. The molecule has 24 heavy (non-hydrogen) atoms. The fourth-order valence-corrected chi connectivity index (χ4v) is 2.20. The Morgan fingerprint density at radius 2 is 1.58 bits per heavy atom. The maximum absolute atomic E-state index is 12.5. The van der Waals surface area contributed by atoms with Crippen LogP contribution in [0.25, 0.3) is 0 Å². The molecule has 0 aliphatic heterocycles. The van der Waals surface area contributed by atoms with Crippen molar-refractivity contribution < 1.29 is 9.53 Å². The molecular weight excluding hydrogens is 324 g/mol. The van der Waals surface area contributed by atoms with Gasteiger partial charge in [-0.15, -0.1) is 12.4 Å². The molecule has 2 aromatic rings. The van der Waals surface area contributed by atoms with Crippen molar-refractivity contribution in [2.75, 3.05) is 19.6 Å². The van der Waals surface area contributed by atoms with Crippen molar-refractivity contribution in [3.8, 4) is 5.75 Å². The highest BCUT2D eigenvalue weighted by Gasteiger charge is 2.22. The van der Waals surface area contributed by atoms with E-state index in [4.69, 9.17) is 4.74 Å². The molecule has 5 heteroatoms. The molecule has 0 saturated carbocycles. The summed E-state index contributed by atoms with van der Waals surface area (Å²) in [5, 5.41) is 6.20. The van der Waals surface area contributed by atoms with Crippen LogP contribution < -0.4 is 15.4 Å². The van der Waals surface area contributed by atoms with Crippen LogP contribution in [0.2, 0.25) is 0 Å². The zero-order valence-corrected chi connectivity index (χ0v) is 14.7. The van der Waals surface area contributed by atoms with Crippen molar-refractivity contribution in [3.63, 3.8) is 0 Å². The van der Waals surface area contributed by atoms with Gasteiger partial charge in [0.2, 0.25) is 6.10 Å². The lowest BCUT2D eigenvalue weighted by atomic mass is 10.1. The smallest absolute Gasteiger partial charge is 0.265 e. The number of benzene rings is 2. The number of nitrogens with one attached hydrogen (secondary N) is 2. The van der Waals surface area contributed by atoms with E-state index < -0.39 is 6.10 Å². The van der Waals surface area contributed by atoms with E-state index in [2.05, 4.69) is 17.6 Å². The van der Waals surface area contributed by atoms with Crippen molar-refractivity contribution in [2.45, 2.75) is 19.4 Å². The summed E-state index contributed by atoms with van der Waals surface area (Å²) < 4.78 is 5.91. The summed E-state index contributed by atoms with van der Waals surface area (Å²) in [5.74, 6) is 0.555. The minimum atomic E-state index is -0.648. The molecule has 2 rings (SSSR count). The van der Waals surface area contributed by atoms with Gasteiger partial charge in [0.25, 0.3) is 5.91 Å². The summed E-state index contributed by atoms with van der Waals surface area (Å²) >= 11 is 0. The molecule has 1 amide bonds. The van der Waals surface area contributed by atoms with Crippen LogP contribution in [-0.2, 0) is 4.79 Å². The zero-order chi connectivity index (χ0) is 16.3. The summed E-state index contributed by atoms with van der Waals surface area (Å²) in [6, 6.07) is 19.0. The highest BCUT2D eigenvalue weighted by atomic mass is 35.5. The molecule has 2 N–H and O–H groups in total. The Balaban J connectivity index is 0.00000288. The third-order valence-corrected chi connectivity index (χ3v) is 3.37. The first kappa shape index (κ1) is 20.0. The average Bonchev–Trinajstić information content (AvgIpc) is 2.61. The van der Waals surface area contributed by atoms with Crippen molar-refractivity contribution in [1.29, 1.82) is 0 Å². The molecule has 0 bridgehead atoms. The van der Waals surface area contributed by atoms with Crippen LogP contribution in [0, 0.1) is 0 Å². The second-order valence-electron chi connectivity index (χ2n) is 5.26. The number of para-hydroxylation sites is 1. The first-order chi connectivity index (χ1) is 11.3. The van der Waals surface area contributed by atoms with Crippen molar-refractivity contribution in [2.24, 2.45) is 0 Å². The fraction of sp³-hybridized carbons (Fsp3) is 0.316. The molecule has 1 unspecified atom stereocenters. The van der Waals surface area contributed by atoms with E-state index in [1.807, 2.05) is 60.7 Å². The van der Waals surface area contributed by atoms with E-state index in [1.54, 1.807) is 0 Å². The molecule has 4 nitrogen and oxygen atoms in total. The van der Waals surface area contributed by atoms with Gasteiger partial charge in [-0.2, -0.15) is 0 Å². The number of halogens is 1. The van der Waals surface area contributed by atoms with Crippen LogP contribution >= 0.6 is 12.4 Å². The maximum atomic E-state index is 12.5. The summed E-state index contributed by atoms with van der Waals surface area (Å²) in [6.07, 6.45) is 0.433. The Morgan fingerprint density at radius 3 is 2.21 bits per heavy atom.